The minimum absolute atomic E-state index is 0.176. The third-order valence-corrected chi connectivity index (χ3v) is 4.31. The van der Waals surface area contributed by atoms with Crippen LogP contribution in [0.15, 0.2) is 12.1 Å². The van der Waals surface area contributed by atoms with Gasteiger partial charge in [-0.15, -0.1) is 0 Å². The topological polar surface area (TPSA) is 35.5 Å². The van der Waals surface area contributed by atoms with Crippen molar-refractivity contribution in [1.82, 2.24) is 0 Å². The first-order valence-electron chi connectivity index (χ1n) is 6.56. The molecule has 0 aromatic heterocycles. The first kappa shape index (κ1) is 11.6. The van der Waals surface area contributed by atoms with Gasteiger partial charge in [-0.3, -0.25) is 4.79 Å². The van der Waals surface area contributed by atoms with Crippen LogP contribution in [-0.2, 0) is 0 Å². The molecule has 0 radical (unpaired) electrons. The lowest BCUT2D eigenvalue weighted by Crippen LogP contribution is -2.17. The van der Waals surface area contributed by atoms with E-state index in [0.717, 1.165) is 29.7 Å². The minimum atomic E-state index is 0.176. The molecule has 0 amide bonds. The summed E-state index contributed by atoms with van der Waals surface area (Å²) in [6.07, 6.45) is 4.50. The molecule has 1 aromatic carbocycles. The van der Waals surface area contributed by atoms with Crippen LogP contribution in [0, 0.1) is 5.92 Å². The van der Waals surface area contributed by atoms with Crippen LogP contribution in [0.4, 0.5) is 0 Å². The third-order valence-electron chi connectivity index (χ3n) is 4.31. The molecule has 18 heavy (non-hydrogen) atoms. The number of Topliss-reactive ketones (excluding diaryl/α,β-unsaturated/α-hetero) is 1. The Labute approximate surface area is 107 Å². The Morgan fingerprint density at radius 1 is 1.06 bits per heavy atom. The zero-order valence-corrected chi connectivity index (χ0v) is 10.9. The number of carbonyl (C=O) groups excluding carboxylic acids is 1. The number of benzene rings is 1. The Kier molecular flexibility index (Phi) is 2.77. The molecule has 0 unspecified atom stereocenters. The molecule has 1 saturated carbocycles. The largest absolute Gasteiger partial charge is 0.497 e. The number of ether oxygens (including phenoxy) is 2. The summed E-state index contributed by atoms with van der Waals surface area (Å²) >= 11 is 0. The van der Waals surface area contributed by atoms with E-state index in [1.54, 1.807) is 14.2 Å². The van der Waals surface area contributed by atoms with Gasteiger partial charge in [-0.1, -0.05) is 12.8 Å². The Bertz CT molecular complexity index is 493. The molecule has 2 atom stereocenters. The van der Waals surface area contributed by atoms with Gasteiger partial charge in [0, 0.05) is 23.1 Å². The molecule has 3 heteroatoms. The smallest absolute Gasteiger partial charge is 0.167 e. The third kappa shape index (κ3) is 1.53. The van der Waals surface area contributed by atoms with Crippen molar-refractivity contribution in [3.8, 4) is 11.5 Å². The summed E-state index contributed by atoms with van der Waals surface area (Å²) in [4.78, 5) is 12.5. The van der Waals surface area contributed by atoms with Gasteiger partial charge < -0.3 is 9.47 Å². The molecule has 2 aliphatic rings. The van der Waals surface area contributed by atoms with E-state index in [-0.39, 0.29) is 11.7 Å². The monoisotopic (exact) mass is 246 g/mol. The quantitative estimate of drug-likeness (QED) is 0.804. The maximum Gasteiger partial charge on any atom is 0.167 e. The van der Waals surface area contributed by atoms with Crippen molar-refractivity contribution in [2.24, 2.45) is 5.92 Å². The van der Waals surface area contributed by atoms with Crippen molar-refractivity contribution in [3.05, 3.63) is 23.3 Å². The van der Waals surface area contributed by atoms with Crippen LogP contribution in [0.3, 0.4) is 0 Å². The van der Waals surface area contributed by atoms with Crippen LogP contribution in [0.5, 0.6) is 11.5 Å². The molecule has 0 saturated heterocycles. The van der Waals surface area contributed by atoms with Crippen molar-refractivity contribution < 1.29 is 14.3 Å². The van der Waals surface area contributed by atoms with Gasteiger partial charge in [-0.2, -0.15) is 0 Å². The van der Waals surface area contributed by atoms with Gasteiger partial charge in [0.05, 0.1) is 14.2 Å². The van der Waals surface area contributed by atoms with Gasteiger partial charge in [0.1, 0.15) is 11.5 Å². The van der Waals surface area contributed by atoms with E-state index in [0.29, 0.717) is 11.7 Å². The van der Waals surface area contributed by atoms with Crippen LogP contribution in [0.1, 0.15) is 47.5 Å². The molecule has 96 valence electrons. The summed E-state index contributed by atoms with van der Waals surface area (Å²) in [5.41, 5.74) is 1.94. The highest BCUT2D eigenvalue weighted by Gasteiger charge is 2.43. The Morgan fingerprint density at radius 2 is 1.78 bits per heavy atom. The van der Waals surface area contributed by atoms with E-state index >= 15 is 0 Å². The van der Waals surface area contributed by atoms with Crippen molar-refractivity contribution in [2.75, 3.05) is 14.2 Å². The van der Waals surface area contributed by atoms with Crippen molar-refractivity contribution in [3.63, 3.8) is 0 Å². The van der Waals surface area contributed by atoms with E-state index < -0.39 is 0 Å². The van der Waals surface area contributed by atoms with E-state index in [2.05, 4.69) is 0 Å². The highest BCUT2D eigenvalue weighted by atomic mass is 16.5. The second-order valence-electron chi connectivity index (χ2n) is 5.15. The van der Waals surface area contributed by atoms with Crippen LogP contribution in [-0.4, -0.2) is 20.0 Å². The maximum atomic E-state index is 12.5. The number of hydrogen-bond donors (Lipinski definition) is 0. The van der Waals surface area contributed by atoms with Gasteiger partial charge in [-0.25, -0.2) is 0 Å². The molecule has 0 bridgehead atoms. The molecule has 1 fully saturated rings. The maximum absolute atomic E-state index is 12.5. The van der Waals surface area contributed by atoms with Crippen LogP contribution < -0.4 is 9.47 Å². The standard InChI is InChI=1S/C15H18O3/c1-17-9-7-12-14(13(8-9)18-2)10-5-3-4-6-11(10)15(12)16/h7-8,10-11H,3-6H2,1-2H3/t10-,11+/m0/s1. The van der Waals surface area contributed by atoms with Gasteiger partial charge in [0.2, 0.25) is 0 Å². The highest BCUT2D eigenvalue weighted by molar-refractivity contribution is 6.04. The van der Waals surface area contributed by atoms with Gasteiger partial charge in [0.15, 0.2) is 5.78 Å². The molecule has 3 nitrogen and oxygen atoms in total. The number of ketones is 1. The number of fused-ring (bicyclic) bond motifs is 3. The first-order chi connectivity index (χ1) is 8.76. The summed E-state index contributed by atoms with van der Waals surface area (Å²) in [6.45, 7) is 0. The average molecular weight is 246 g/mol. The number of methoxy groups -OCH3 is 2. The molecule has 0 heterocycles. The van der Waals surface area contributed by atoms with E-state index in [1.807, 2.05) is 12.1 Å². The van der Waals surface area contributed by atoms with Gasteiger partial charge in [-0.05, 0) is 24.8 Å². The molecule has 0 spiro atoms. The Morgan fingerprint density at radius 3 is 2.44 bits per heavy atom. The second kappa shape index (κ2) is 4.30. The molecular weight excluding hydrogens is 228 g/mol. The first-order valence-corrected chi connectivity index (χ1v) is 6.56. The highest BCUT2D eigenvalue weighted by Crippen LogP contribution is 2.50. The summed E-state index contributed by atoms with van der Waals surface area (Å²) in [5.74, 6) is 2.34. The summed E-state index contributed by atoms with van der Waals surface area (Å²) in [5, 5.41) is 0. The molecule has 1 aromatic rings. The lowest BCUT2D eigenvalue weighted by atomic mass is 9.79. The fourth-order valence-electron chi connectivity index (χ4n) is 3.46. The Hall–Kier alpha value is -1.51. The predicted molar refractivity (Wildman–Crippen MR) is 68.6 cm³/mol. The number of rotatable bonds is 2. The van der Waals surface area contributed by atoms with Crippen LogP contribution >= 0.6 is 0 Å². The fraction of sp³-hybridized carbons (Fsp3) is 0.533. The summed E-state index contributed by atoms with van der Waals surface area (Å²) < 4.78 is 10.7. The summed E-state index contributed by atoms with van der Waals surface area (Å²) in [6, 6.07) is 3.77. The van der Waals surface area contributed by atoms with Crippen LogP contribution in [0.25, 0.3) is 0 Å². The molecule has 0 N–H and O–H groups in total. The van der Waals surface area contributed by atoms with E-state index in [1.165, 1.54) is 12.8 Å². The second-order valence-corrected chi connectivity index (χ2v) is 5.15. The molecular formula is C15H18O3. The summed E-state index contributed by atoms with van der Waals surface area (Å²) in [7, 11) is 3.28. The minimum Gasteiger partial charge on any atom is -0.497 e. The lowest BCUT2D eigenvalue weighted by Gasteiger charge is -2.25. The van der Waals surface area contributed by atoms with Crippen molar-refractivity contribution >= 4 is 5.78 Å². The fourth-order valence-corrected chi connectivity index (χ4v) is 3.46. The molecule has 3 rings (SSSR count). The van der Waals surface area contributed by atoms with Crippen LogP contribution in [0.2, 0.25) is 0 Å². The Balaban J connectivity index is 2.15. The average Bonchev–Trinajstić information content (AvgIpc) is 2.72. The predicted octanol–water partition coefficient (Wildman–Crippen LogP) is 3.17. The normalized spacial score (nSPS) is 25.6. The number of hydrogen-bond acceptors (Lipinski definition) is 3. The zero-order chi connectivity index (χ0) is 12.7. The van der Waals surface area contributed by atoms with Gasteiger partial charge >= 0.3 is 0 Å². The number of carbonyl (C=O) groups is 1. The van der Waals surface area contributed by atoms with Crippen molar-refractivity contribution in [1.29, 1.82) is 0 Å². The SMILES string of the molecule is COc1cc(OC)c2c(c1)C(=O)[C@@H]1CCCC[C@H]21. The van der Waals surface area contributed by atoms with E-state index in [9.17, 15) is 4.79 Å². The lowest BCUT2D eigenvalue weighted by molar-refractivity contribution is 0.0897. The van der Waals surface area contributed by atoms with E-state index in [4.69, 9.17) is 9.47 Å². The van der Waals surface area contributed by atoms with Gasteiger partial charge in [0.25, 0.3) is 0 Å². The molecule has 2 aliphatic carbocycles. The van der Waals surface area contributed by atoms with Crippen molar-refractivity contribution in [2.45, 2.75) is 31.6 Å². The molecule has 0 aliphatic heterocycles. The zero-order valence-electron chi connectivity index (χ0n) is 10.9.